The summed E-state index contributed by atoms with van der Waals surface area (Å²) in [4.78, 5) is 27.0. The Morgan fingerprint density at radius 3 is 2.32 bits per heavy atom. The molecule has 234 valence electrons. The van der Waals surface area contributed by atoms with Crippen LogP contribution in [0.3, 0.4) is 0 Å². The molecule has 1 unspecified atom stereocenters. The first-order valence-corrected chi connectivity index (χ1v) is 18.6. The highest BCUT2D eigenvalue weighted by molar-refractivity contribution is 7.44. The second-order valence-electron chi connectivity index (χ2n) is 12.4. The number of aromatic nitrogens is 2. The van der Waals surface area contributed by atoms with Gasteiger partial charge in [-0.15, -0.1) is 0 Å². The summed E-state index contributed by atoms with van der Waals surface area (Å²) in [6.45, 7) is 23.7. The molecule has 2 rings (SSSR count). The maximum Gasteiger partial charge on any atom is 0.330 e. The Labute approximate surface area is 247 Å². The Morgan fingerprint density at radius 2 is 1.80 bits per heavy atom. The SMILES string of the molecule is CC[C@H]1O[C@@H](n2ccc(=O)[nH]c2=O)[C@H](OCO[Si](C)(C)C(C)(C)C(C)C)[C@@H]1OP(OCCC#N)N(C(C)C)C(C)C. The molecule has 1 fully saturated rings. The molecule has 41 heavy (non-hydrogen) atoms. The smallest absolute Gasteiger partial charge is 0.330 e. The lowest BCUT2D eigenvalue weighted by molar-refractivity contribution is -0.112. The van der Waals surface area contributed by atoms with E-state index in [1.54, 1.807) is 0 Å². The number of ether oxygens (including phenoxy) is 2. The second-order valence-corrected chi connectivity index (χ2v) is 18.4. The van der Waals surface area contributed by atoms with Gasteiger partial charge in [-0.3, -0.25) is 14.3 Å². The molecule has 5 atom stereocenters. The standard InChI is InChI=1S/C28H51N4O7PSi/c1-12-22-24(39-40(36-17-13-15-29)32(20(4)5)21(6)7)25(26(38-22)31-16-14-23(33)30-27(31)34)35-18-37-41(10,11)28(8,9)19(2)3/h14,16,19-22,24-26H,12-13,17-18H2,1-11H3,(H,30,33,34)/t22-,24-,25-,26-,40?/m1/s1. The normalized spacial score (nSPS) is 22.7. The number of nitriles is 1. The third-order valence-electron chi connectivity index (χ3n) is 8.36. The molecule has 0 amide bonds. The van der Waals surface area contributed by atoms with Crippen molar-refractivity contribution in [3.63, 3.8) is 0 Å². The molecule has 1 aliphatic rings. The quantitative estimate of drug-likeness (QED) is 0.111. The molecule has 2 heterocycles. The van der Waals surface area contributed by atoms with Crippen molar-refractivity contribution < 1.29 is 22.9 Å². The Morgan fingerprint density at radius 1 is 1.17 bits per heavy atom. The van der Waals surface area contributed by atoms with Gasteiger partial charge in [0.15, 0.2) is 14.5 Å². The number of aromatic amines is 1. The molecule has 0 bridgehead atoms. The Bertz CT molecular complexity index is 1110. The maximum absolute atomic E-state index is 12.8. The zero-order valence-electron chi connectivity index (χ0n) is 26.7. The number of H-pyrrole nitrogens is 1. The van der Waals surface area contributed by atoms with Crippen molar-refractivity contribution in [2.45, 2.75) is 130 Å². The first-order chi connectivity index (χ1) is 19.1. The zero-order valence-corrected chi connectivity index (χ0v) is 28.6. The van der Waals surface area contributed by atoms with E-state index in [2.05, 4.69) is 84.2 Å². The molecule has 13 heteroatoms. The van der Waals surface area contributed by atoms with E-state index in [9.17, 15) is 9.59 Å². The minimum absolute atomic E-state index is 0.000409. The summed E-state index contributed by atoms with van der Waals surface area (Å²) in [5.41, 5.74) is -1.09. The molecule has 0 aromatic carbocycles. The number of rotatable bonds is 16. The highest BCUT2D eigenvalue weighted by atomic mass is 31.2. The van der Waals surface area contributed by atoms with E-state index in [1.165, 1.54) is 16.8 Å². The van der Waals surface area contributed by atoms with Crippen LogP contribution in [0.25, 0.3) is 0 Å². The largest absolute Gasteiger partial charge is 0.395 e. The van der Waals surface area contributed by atoms with Gasteiger partial charge in [-0.2, -0.15) is 5.26 Å². The van der Waals surface area contributed by atoms with Crippen molar-refractivity contribution in [1.29, 1.82) is 5.26 Å². The highest BCUT2D eigenvalue weighted by Crippen LogP contribution is 2.51. The van der Waals surface area contributed by atoms with Crippen LogP contribution in [0.1, 0.15) is 81.4 Å². The van der Waals surface area contributed by atoms with E-state index in [1.807, 2.05) is 6.92 Å². The van der Waals surface area contributed by atoms with E-state index in [0.717, 1.165) is 0 Å². The maximum atomic E-state index is 12.8. The monoisotopic (exact) mass is 614 g/mol. The van der Waals surface area contributed by atoms with Crippen LogP contribution in [0, 0.1) is 17.2 Å². The average molecular weight is 615 g/mol. The minimum atomic E-state index is -2.22. The predicted molar refractivity (Wildman–Crippen MR) is 163 cm³/mol. The summed E-state index contributed by atoms with van der Waals surface area (Å²) in [6.07, 6.45) is -0.385. The van der Waals surface area contributed by atoms with Gasteiger partial charge in [0, 0.05) is 24.3 Å². The van der Waals surface area contributed by atoms with Crippen molar-refractivity contribution in [1.82, 2.24) is 14.2 Å². The molecule has 0 aliphatic carbocycles. The molecule has 1 aromatic heterocycles. The van der Waals surface area contributed by atoms with Gasteiger partial charge in [-0.1, -0.05) is 34.6 Å². The van der Waals surface area contributed by atoms with Gasteiger partial charge in [0.05, 0.1) is 25.2 Å². The van der Waals surface area contributed by atoms with E-state index >= 15 is 0 Å². The lowest BCUT2D eigenvalue weighted by Crippen LogP contribution is -2.47. The fourth-order valence-corrected chi connectivity index (χ4v) is 8.63. The van der Waals surface area contributed by atoms with Crippen LogP contribution in [-0.4, -0.2) is 66.3 Å². The van der Waals surface area contributed by atoms with Crippen LogP contribution in [-0.2, 0) is 22.9 Å². The first kappa shape index (κ1) is 35.8. The van der Waals surface area contributed by atoms with Gasteiger partial charge in [0.1, 0.15) is 19.0 Å². The molecule has 1 saturated heterocycles. The summed E-state index contributed by atoms with van der Waals surface area (Å²) < 4.78 is 35.7. The lowest BCUT2D eigenvalue weighted by Gasteiger charge is -2.42. The van der Waals surface area contributed by atoms with Crippen LogP contribution in [0.4, 0.5) is 0 Å². The lowest BCUT2D eigenvalue weighted by atomic mass is 9.99. The Balaban J connectivity index is 2.48. The molecule has 0 saturated carbocycles. The number of nitrogens with zero attached hydrogens (tertiary/aromatic N) is 3. The van der Waals surface area contributed by atoms with Gasteiger partial charge in [0.2, 0.25) is 0 Å². The zero-order chi connectivity index (χ0) is 31.1. The summed E-state index contributed by atoms with van der Waals surface area (Å²) >= 11 is 0. The molecule has 1 aromatic rings. The van der Waals surface area contributed by atoms with Crippen LogP contribution in [0.15, 0.2) is 21.9 Å². The van der Waals surface area contributed by atoms with Crippen molar-refractivity contribution in [3.05, 3.63) is 33.1 Å². The van der Waals surface area contributed by atoms with E-state index in [4.69, 9.17) is 28.2 Å². The number of hydrogen-bond acceptors (Lipinski definition) is 9. The van der Waals surface area contributed by atoms with Crippen LogP contribution in [0.5, 0.6) is 0 Å². The van der Waals surface area contributed by atoms with Crippen molar-refractivity contribution in [3.8, 4) is 6.07 Å². The van der Waals surface area contributed by atoms with Gasteiger partial charge < -0.3 is 22.9 Å². The van der Waals surface area contributed by atoms with Crippen LogP contribution < -0.4 is 11.2 Å². The highest BCUT2D eigenvalue weighted by Gasteiger charge is 2.50. The molecule has 0 radical (unpaired) electrons. The summed E-state index contributed by atoms with van der Waals surface area (Å²) in [7, 11) is -3.82. The van der Waals surface area contributed by atoms with Crippen molar-refractivity contribution >= 4 is 16.8 Å². The van der Waals surface area contributed by atoms with Crippen LogP contribution >= 0.6 is 8.53 Å². The van der Waals surface area contributed by atoms with Gasteiger partial charge in [-0.05, 0) is 58.2 Å². The molecule has 1 N–H and O–H groups in total. The first-order valence-electron chi connectivity index (χ1n) is 14.6. The third kappa shape index (κ3) is 8.80. The summed E-state index contributed by atoms with van der Waals surface area (Å²) in [6, 6.07) is 3.62. The summed E-state index contributed by atoms with van der Waals surface area (Å²) in [5.74, 6) is 0.416. The number of nitrogens with one attached hydrogen (secondary N) is 1. The Kier molecular flexibility index (Phi) is 13.4. The molecule has 11 nitrogen and oxygen atoms in total. The Hall–Kier alpha value is -1.42. The average Bonchev–Trinajstić information content (AvgIpc) is 3.20. The van der Waals surface area contributed by atoms with Crippen LogP contribution in [0.2, 0.25) is 18.1 Å². The third-order valence-corrected chi connectivity index (χ3v) is 15.0. The summed E-state index contributed by atoms with van der Waals surface area (Å²) in [5, 5.41) is 9.10. The van der Waals surface area contributed by atoms with Gasteiger partial charge in [-0.25, -0.2) is 9.46 Å². The van der Waals surface area contributed by atoms with E-state index < -0.39 is 52.6 Å². The fraction of sp³-hybridized carbons (Fsp3) is 0.821. The van der Waals surface area contributed by atoms with Gasteiger partial charge in [0.25, 0.3) is 14.1 Å². The van der Waals surface area contributed by atoms with Gasteiger partial charge >= 0.3 is 5.69 Å². The predicted octanol–water partition coefficient (Wildman–Crippen LogP) is 5.51. The molecular weight excluding hydrogens is 563 g/mol. The molecular formula is C28H51N4O7PSi. The fourth-order valence-electron chi connectivity index (χ4n) is 4.73. The second kappa shape index (κ2) is 15.3. The van der Waals surface area contributed by atoms with Crippen molar-refractivity contribution in [2.24, 2.45) is 5.92 Å². The van der Waals surface area contributed by atoms with Crippen molar-refractivity contribution in [2.75, 3.05) is 13.4 Å². The molecule has 0 spiro atoms. The molecule has 1 aliphatic heterocycles. The topological polar surface area (TPSA) is 128 Å². The van der Waals surface area contributed by atoms with E-state index in [-0.39, 0.29) is 36.9 Å². The van der Waals surface area contributed by atoms with E-state index in [0.29, 0.717) is 12.3 Å². The number of hydrogen-bond donors (Lipinski definition) is 1. The minimum Gasteiger partial charge on any atom is -0.395 e.